The van der Waals surface area contributed by atoms with E-state index in [2.05, 4.69) is 73.1 Å². The molecule has 32 heavy (non-hydrogen) atoms. The number of nitrogens with zero attached hydrogens (tertiary/aromatic N) is 2. The lowest BCUT2D eigenvalue weighted by atomic mass is 9.87. The summed E-state index contributed by atoms with van der Waals surface area (Å²) >= 11 is 0. The van der Waals surface area contributed by atoms with E-state index >= 15 is 0 Å². The fourth-order valence-electron chi connectivity index (χ4n) is 5.29. The number of para-hydroxylation sites is 1. The highest BCUT2D eigenvalue weighted by Gasteiger charge is 2.41. The first kappa shape index (κ1) is 21.2. The van der Waals surface area contributed by atoms with E-state index in [1.165, 1.54) is 27.6 Å². The number of carbonyl (C=O) groups is 1. The van der Waals surface area contributed by atoms with Crippen molar-refractivity contribution >= 4 is 16.8 Å². The summed E-state index contributed by atoms with van der Waals surface area (Å²) in [5.41, 5.74) is 4.88. The second-order valence-corrected chi connectivity index (χ2v) is 9.05. The van der Waals surface area contributed by atoms with Crippen molar-refractivity contribution in [3.05, 3.63) is 71.4 Å². The van der Waals surface area contributed by atoms with Crippen LogP contribution in [0, 0.1) is 6.92 Å². The molecule has 0 saturated carbocycles. The first-order valence-corrected chi connectivity index (χ1v) is 11.8. The number of rotatable bonds is 5. The number of ether oxygens (including phenoxy) is 2. The van der Waals surface area contributed by atoms with Crippen molar-refractivity contribution in [2.75, 3.05) is 26.3 Å². The minimum absolute atomic E-state index is 0.0231. The molecule has 5 nitrogen and oxygen atoms in total. The topological polar surface area (TPSA) is 43.7 Å². The molecule has 2 fully saturated rings. The Labute approximate surface area is 189 Å². The van der Waals surface area contributed by atoms with Crippen molar-refractivity contribution in [2.45, 2.75) is 51.4 Å². The van der Waals surface area contributed by atoms with Gasteiger partial charge in [0.2, 0.25) is 5.91 Å². The summed E-state index contributed by atoms with van der Waals surface area (Å²) in [4.78, 5) is 15.5. The molecule has 2 aromatic carbocycles. The van der Waals surface area contributed by atoms with Crippen LogP contribution in [0.4, 0.5) is 0 Å². The standard InChI is InChI=1S/C27H32N2O3/c1-3-28-19-24(22-9-4-5-10-25(22)28)23(21-8-6-7-20(2)17-21)18-26(30)29-13-11-27(12-14-29)31-15-16-32-27/h4-10,17,19,23H,3,11-16,18H2,1-2H3. The monoisotopic (exact) mass is 432 g/mol. The zero-order chi connectivity index (χ0) is 22.1. The van der Waals surface area contributed by atoms with Crippen LogP contribution < -0.4 is 0 Å². The van der Waals surface area contributed by atoms with Crippen LogP contribution in [0.15, 0.2) is 54.7 Å². The second kappa shape index (κ2) is 8.72. The van der Waals surface area contributed by atoms with Crippen molar-refractivity contribution in [2.24, 2.45) is 0 Å². The summed E-state index contributed by atoms with van der Waals surface area (Å²) in [6.07, 6.45) is 4.22. The summed E-state index contributed by atoms with van der Waals surface area (Å²) in [5, 5.41) is 1.24. The van der Waals surface area contributed by atoms with Crippen molar-refractivity contribution in [1.29, 1.82) is 0 Å². The molecule has 3 heterocycles. The van der Waals surface area contributed by atoms with Gasteiger partial charge >= 0.3 is 0 Å². The Morgan fingerprint density at radius 1 is 1.06 bits per heavy atom. The van der Waals surface area contributed by atoms with Crippen LogP contribution in [-0.4, -0.2) is 47.5 Å². The number of amides is 1. The fourth-order valence-corrected chi connectivity index (χ4v) is 5.29. The Morgan fingerprint density at radius 3 is 2.53 bits per heavy atom. The average Bonchev–Trinajstić information content (AvgIpc) is 3.42. The van der Waals surface area contributed by atoms with Crippen molar-refractivity contribution in [3.63, 3.8) is 0 Å². The van der Waals surface area contributed by atoms with Gasteiger partial charge in [0.05, 0.1) is 13.2 Å². The van der Waals surface area contributed by atoms with E-state index in [1.54, 1.807) is 0 Å². The molecule has 5 heteroatoms. The van der Waals surface area contributed by atoms with Gasteiger partial charge in [-0.1, -0.05) is 48.0 Å². The number of fused-ring (bicyclic) bond motifs is 1. The van der Waals surface area contributed by atoms with E-state index in [-0.39, 0.29) is 11.8 Å². The maximum atomic E-state index is 13.5. The molecule has 2 aliphatic heterocycles. The van der Waals surface area contributed by atoms with Crippen molar-refractivity contribution in [3.8, 4) is 0 Å². The number of hydrogen-bond acceptors (Lipinski definition) is 3. The normalized spacial score (nSPS) is 19.0. The van der Waals surface area contributed by atoms with Crippen molar-refractivity contribution < 1.29 is 14.3 Å². The van der Waals surface area contributed by atoms with Gasteiger partial charge in [-0.2, -0.15) is 0 Å². The number of aromatic nitrogens is 1. The van der Waals surface area contributed by atoms with Gasteiger partial charge in [0.25, 0.3) is 0 Å². The lowest BCUT2D eigenvalue weighted by molar-refractivity contribution is -0.187. The number of benzene rings is 2. The minimum atomic E-state index is -0.457. The quantitative estimate of drug-likeness (QED) is 0.578. The third-order valence-corrected chi connectivity index (χ3v) is 7.05. The Morgan fingerprint density at radius 2 is 1.81 bits per heavy atom. The largest absolute Gasteiger partial charge is 0.347 e. The van der Waals surface area contributed by atoms with Crippen LogP contribution in [0.3, 0.4) is 0 Å². The fraction of sp³-hybridized carbons (Fsp3) is 0.444. The predicted octanol–water partition coefficient (Wildman–Crippen LogP) is 4.86. The van der Waals surface area contributed by atoms with Gasteiger partial charge in [-0.05, 0) is 31.0 Å². The maximum Gasteiger partial charge on any atom is 0.223 e. The molecular formula is C27H32N2O3. The van der Waals surface area contributed by atoms with Gasteiger partial charge < -0.3 is 18.9 Å². The Balaban J connectivity index is 1.45. The smallest absolute Gasteiger partial charge is 0.223 e. The average molecular weight is 433 g/mol. The number of aryl methyl sites for hydroxylation is 2. The van der Waals surface area contributed by atoms with Crippen LogP contribution in [0.5, 0.6) is 0 Å². The summed E-state index contributed by atoms with van der Waals surface area (Å²) in [7, 11) is 0. The van der Waals surface area contributed by atoms with Gasteiger partial charge in [0.1, 0.15) is 0 Å². The van der Waals surface area contributed by atoms with Crippen LogP contribution >= 0.6 is 0 Å². The molecule has 1 amide bonds. The zero-order valence-electron chi connectivity index (χ0n) is 19.0. The van der Waals surface area contributed by atoms with Gasteiger partial charge in [-0.3, -0.25) is 4.79 Å². The lowest BCUT2D eigenvalue weighted by Crippen LogP contribution is -2.47. The molecule has 0 bridgehead atoms. The summed E-state index contributed by atoms with van der Waals surface area (Å²) < 4.78 is 14.0. The first-order chi connectivity index (χ1) is 15.6. The summed E-state index contributed by atoms with van der Waals surface area (Å²) in [5.74, 6) is -0.228. The van der Waals surface area contributed by atoms with Crippen LogP contribution in [0.1, 0.15) is 48.8 Å². The van der Waals surface area contributed by atoms with E-state index < -0.39 is 5.79 Å². The van der Waals surface area contributed by atoms with E-state index in [9.17, 15) is 4.79 Å². The molecule has 0 N–H and O–H groups in total. The van der Waals surface area contributed by atoms with Gasteiger partial charge in [-0.25, -0.2) is 0 Å². The number of carbonyl (C=O) groups excluding carboxylic acids is 1. The highest BCUT2D eigenvalue weighted by molar-refractivity contribution is 5.86. The molecule has 1 atom stereocenters. The molecule has 1 unspecified atom stereocenters. The molecule has 1 aromatic heterocycles. The highest BCUT2D eigenvalue weighted by atomic mass is 16.7. The molecule has 1 spiro atoms. The number of hydrogen-bond donors (Lipinski definition) is 0. The SMILES string of the molecule is CCn1cc(C(CC(=O)N2CCC3(CC2)OCCO3)c2cccc(C)c2)c2ccccc21. The predicted molar refractivity (Wildman–Crippen MR) is 126 cm³/mol. The minimum Gasteiger partial charge on any atom is -0.347 e. The molecule has 2 aliphatic rings. The van der Waals surface area contributed by atoms with Crippen LogP contribution in [0.2, 0.25) is 0 Å². The van der Waals surface area contributed by atoms with E-state index in [1.807, 2.05) is 4.90 Å². The van der Waals surface area contributed by atoms with Crippen molar-refractivity contribution in [1.82, 2.24) is 9.47 Å². The third kappa shape index (κ3) is 3.96. The Kier molecular flexibility index (Phi) is 5.78. The highest BCUT2D eigenvalue weighted by Crippen LogP contribution is 2.37. The molecule has 5 rings (SSSR count). The summed E-state index contributed by atoms with van der Waals surface area (Å²) in [6, 6.07) is 17.1. The molecular weight excluding hydrogens is 400 g/mol. The van der Waals surface area contributed by atoms with Gasteiger partial charge in [0.15, 0.2) is 5.79 Å². The Bertz CT molecular complexity index is 1100. The van der Waals surface area contributed by atoms with Crippen LogP contribution in [0.25, 0.3) is 10.9 Å². The number of piperidine rings is 1. The zero-order valence-corrected chi connectivity index (χ0v) is 19.0. The van der Waals surface area contributed by atoms with E-state index in [0.29, 0.717) is 32.7 Å². The molecule has 0 aliphatic carbocycles. The maximum absolute atomic E-state index is 13.5. The second-order valence-electron chi connectivity index (χ2n) is 9.05. The number of likely N-dealkylation sites (tertiary alicyclic amines) is 1. The van der Waals surface area contributed by atoms with Gasteiger partial charge in [0, 0.05) is 61.9 Å². The molecule has 3 aromatic rings. The molecule has 168 valence electrons. The third-order valence-electron chi connectivity index (χ3n) is 7.05. The van der Waals surface area contributed by atoms with E-state index in [0.717, 1.165) is 19.4 Å². The molecule has 2 saturated heterocycles. The van der Waals surface area contributed by atoms with Gasteiger partial charge in [-0.15, -0.1) is 0 Å². The lowest BCUT2D eigenvalue weighted by Gasteiger charge is -2.38. The molecule has 0 radical (unpaired) electrons. The van der Waals surface area contributed by atoms with E-state index in [4.69, 9.17) is 9.47 Å². The summed E-state index contributed by atoms with van der Waals surface area (Å²) in [6.45, 7) is 7.88. The van der Waals surface area contributed by atoms with Crippen LogP contribution in [-0.2, 0) is 20.8 Å². The Hall–Kier alpha value is -2.63. The first-order valence-electron chi connectivity index (χ1n) is 11.8.